The Balaban J connectivity index is 1.38. The standard InChI is InChI=1S/C37H28N2/c1-2-3-4-16-30-26-29-13-5-8-21-35(29)38(30)31-17-11-14-27(24-31)28-15-12-18-32(25-28)39-36-22-9-6-19-33(36)34-20-7-10-23-37(34)39/h2-26H,1H3/b3-2-,16-4-. The molecule has 0 aliphatic carbocycles. The number of aromatic nitrogens is 2. The van der Waals surface area contributed by atoms with Gasteiger partial charge >= 0.3 is 0 Å². The Morgan fingerprint density at radius 1 is 0.487 bits per heavy atom. The molecule has 5 aromatic carbocycles. The molecule has 0 unspecified atom stereocenters. The van der Waals surface area contributed by atoms with Crippen molar-refractivity contribution in [3.63, 3.8) is 0 Å². The topological polar surface area (TPSA) is 9.86 Å². The molecular formula is C37H28N2. The van der Waals surface area contributed by atoms with Gasteiger partial charge in [-0.05, 0) is 72.7 Å². The van der Waals surface area contributed by atoms with Crippen molar-refractivity contribution in [1.29, 1.82) is 0 Å². The Morgan fingerprint density at radius 2 is 1.05 bits per heavy atom. The van der Waals surface area contributed by atoms with Gasteiger partial charge in [-0.15, -0.1) is 0 Å². The summed E-state index contributed by atoms with van der Waals surface area (Å²) in [5.41, 5.74) is 9.50. The zero-order valence-corrected chi connectivity index (χ0v) is 21.8. The van der Waals surface area contributed by atoms with Crippen LogP contribution >= 0.6 is 0 Å². The van der Waals surface area contributed by atoms with E-state index in [1.807, 2.05) is 13.0 Å². The van der Waals surface area contributed by atoms with Crippen molar-refractivity contribution in [3.05, 3.63) is 151 Å². The second-order valence-corrected chi connectivity index (χ2v) is 9.82. The van der Waals surface area contributed by atoms with Gasteiger partial charge in [0.15, 0.2) is 0 Å². The maximum Gasteiger partial charge on any atom is 0.0541 e. The van der Waals surface area contributed by atoms with Gasteiger partial charge in [0.05, 0.1) is 16.6 Å². The summed E-state index contributed by atoms with van der Waals surface area (Å²) in [7, 11) is 0. The van der Waals surface area contributed by atoms with Gasteiger partial charge in [-0.1, -0.05) is 97.1 Å². The summed E-state index contributed by atoms with van der Waals surface area (Å²) in [4.78, 5) is 0. The molecule has 0 radical (unpaired) electrons. The second kappa shape index (κ2) is 9.66. The predicted octanol–water partition coefficient (Wildman–Crippen LogP) is 9.98. The van der Waals surface area contributed by atoms with E-state index in [0.717, 1.165) is 17.1 Å². The van der Waals surface area contributed by atoms with Crippen molar-refractivity contribution in [3.8, 4) is 22.5 Å². The molecule has 0 spiro atoms. The van der Waals surface area contributed by atoms with Crippen LogP contribution in [0.5, 0.6) is 0 Å². The SMILES string of the molecule is C/C=C\C=C/c1cc2ccccc2n1-c1cccc(-c2cccc(-n3c4ccccc4c4ccccc43)c2)c1. The summed E-state index contributed by atoms with van der Waals surface area (Å²) in [6.45, 7) is 2.04. The quantitative estimate of drug-likeness (QED) is 0.208. The summed E-state index contributed by atoms with van der Waals surface area (Å²) in [5, 5.41) is 3.79. The highest BCUT2D eigenvalue weighted by molar-refractivity contribution is 6.09. The van der Waals surface area contributed by atoms with Gasteiger partial charge in [0, 0.05) is 33.2 Å². The molecule has 0 saturated heterocycles. The minimum Gasteiger partial charge on any atom is -0.310 e. The van der Waals surface area contributed by atoms with Gasteiger partial charge in [0.25, 0.3) is 0 Å². The zero-order chi connectivity index (χ0) is 26.2. The van der Waals surface area contributed by atoms with Gasteiger partial charge in [-0.25, -0.2) is 0 Å². The summed E-state index contributed by atoms with van der Waals surface area (Å²) >= 11 is 0. The Labute approximate surface area is 228 Å². The fourth-order valence-electron chi connectivity index (χ4n) is 5.70. The fourth-order valence-corrected chi connectivity index (χ4v) is 5.70. The average Bonchev–Trinajstić information content (AvgIpc) is 3.53. The summed E-state index contributed by atoms with van der Waals surface area (Å²) in [5.74, 6) is 0. The number of allylic oxidation sites excluding steroid dienone is 3. The number of nitrogens with zero attached hydrogens (tertiary/aromatic N) is 2. The molecular weight excluding hydrogens is 472 g/mol. The van der Waals surface area contributed by atoms with Crippen molar-refractivity contribution in [1.82, 2.24) is 9.13 Å². The first-order valence-corrected chi connectivity index (χ1v) is 13.4. The Morgan fingerprint density at radius 3 is 1.69 bits per heavy atom. The van der Waals surface area contributed by atoms with Gasteiger partial charge in [-0.3, -0.25) is 0 Å². The smallest absolute Gasteiger partial charge is 0.0541 e. The number of fused-ring (bicyclic) bond motifs is 4. The van der Waals surface area contributed by atoms with Crippen LogP contribution in [0, 0.1) is 0 Å². The highest BCUT2D eigenvalue weighted by atomic mass is 15.0. The van der Waals surface area contributed by atoms with Crippen LogP contribution < -0.4 is 0 Å². The normalized spacial score (nSPS) is 12.0. The Hall–Kier alpha value is -5.08. The van der Waals surface area contributed by atoms with Gasteiger partial charge in [-0.2, -0.15) is 0 Å². The lowest BCUT2D eigenvalue weighted by Crippen LogP contribution is -1.97. The van der Waals surface area contributed by atoms with E-state index in [-0.39, 0.29) is 0 Å². The lowest BCUT2D eigenvalue weighted by Gasteiger charge is -2.13. The average molecular weight is 501 g/mol. The lowest BCUT2D eigenvalue weighted by molar-refractivity contribution is 1.11. The summed E-state index contributed by atoms with van der Waals surface area (Å²) in [6.07, 6.45) is 8.40. The largest absolute Gasteiger partial charge is 0.310 e. The molecule has 39 heavy (non-hydrogen) atoms. The van der Waals surface area contributed by atoms with Crippen LogP contribution in [0.15, 0.2) is 146 Å². The molecule has 0 aliphatic heterocycles. The van der Waals surface area contributed by atoms with Gasteiger partial charge in [0.2, 0.25) is 0 Å². The van der Waals surface area contributed by atoms with E-state index < -0.39 is 0 Å². The van der Waals surface area contributed by atoms with Crippen LogP contribution in [0.2, 0.25) is 0 Å². The molecule has 0 aliphatic rings. The molecule has 2 nitrogen and oxygen atoms in total. The first kappa shape index (κ1) is 23.1. The second-order valence-electron chi connectivity index (χ2n) is 9.82. The molecule has 7 aromatic rings. The maximum absolute atomic E-state index is 2.38. The highest BCUT2D eigenvalue weighted by Crippen LogP contribution is 2.34. The van der Waals surface area contributed by atoms with Crippen molar-refractivity contribution in [2.24, 2.45) is 0 Å². The molecule has 0 atom stereocenters. The molecule has 2 heteroatoms. The molecule has 186 valence electrons. The third-order valence-corrected chi connectivity index (χ3v) is 7.43. The number of benzene rings is 5. The number of rotatable bonds is 5. The molecule has 0 bridgehead atoms. The Bertz CT molecular complexity index is 1980. The third-order valence-electron chi connectivity index (χ3n) is 7.43. The minimum atomic E-state index is 1.15. The van der Waals surface area contributed by atoms with E-state index in [2.05, 4.69) is 155 Å². The van der Waals surface area contributed by atoms with Gasteiger partial charge < -0.3 is 9.13 Å². The van der Waals surface area contributed by atoms with Crippen LogP contribution in [0.1, 0.15) is 12.6 Å². The van der Waals surface area contributed by atoms with E-state index in [1.54, 1.807) is 0 Å². The molecule has 7 rings (SSSR count). The first-order chi connectivity index (χ1) is 19.3. The van der Waals surface area contributed by atoms with Crippen LogP contribution in [-0.2, 0) is 0 Å². The third kappa shape index (κ3) is 3.98. The van der Waals surface area contributed by atoms with Crippen molar-refractivity contribution < 1.29 is 0 Å². The van der Waals surface area contributed by atoms with Crippen molar-refractivity contribution in [2.45, 2.75) is 6.92 Å². The van der Waals surface area contributed by atoms with E-state index in [4.69, 9.17) is 0 Å². The minimum absolute atomic E-state index is 1.15. The van der Waals surface area contributed by atoms with Gasteiger partial charge in [0.1, 0.15) is 0 Å². The highest BCUT2D eigenvalue weighted by Gasteiger charge is 2.13. The van der Waals surface area contributed by atoms with Crippen LogP contribution in [-0.4, -0.2) is 9.13 Å². The van der Waals surface area contributed by atoms with Crippen LogP contribution in [0.4, 0.5) is 0 Å². The summed E-state index contributed by atoms with van der Waals surface area (Å²) < 4.78 is 4.72. The molecule has 0 fully saturated rings. The molecule has 2 heterocycles. The maximum atomic E-state index is 2.38. The van der Waals surface area contributed by atoms with Crippen molar-refractivity contribution >= 4 is 38.8 Å². The molecule has 2 aromatic heterocycles. The van der Waals surface area contributed by atoms with Crippen LogP contribution in [0.25, 0.3) is 61.3 Å². The van der Waals surface area contributed by atoms with Crippen molar-refractivity contribution in [2.75, 3.05) is 0 Å². The zero-order valence-electron chi connectivity index (χ0n) is 21.8. The molecule has 0 saturated carbocycles. The van der Waals surface area contributed by atoms with E-state index in [0.29, 0.717) is 0 Å². The number of hydrogen-bond acceptors (Lipinski definition) is 0. The molecule has 0 amide bonds. The fraction of sp³-hybridized carbons (Fsp3) is 0.0270. The first-order valence-electron chi connectivity index (χ1n) is 13.4. The Kier molecular flexibility index (Phi) is 5.71. The summed E-state index contributed by atoms with van der Waals surface area (Å²) in [6, 6.07) is 45.9. The van der Waals surface area contributed by atoms with E-state index in [9.17, 15) is 0 Å². The predicted molar refractivity (Wildman–Crippen MR) is 167 cm³/mol. The van der Waals surface area contributed by atoms with E-state index in [1.165, 1.54) is 43.8 Å². The number of para-hydroxylation sites is 3. The van der Waals surface area contributed by atoms with E-state index >= 15 is 0 Å². The molecule has 0 N–H and O–H groups in total. The number of hydrogen-bond donors (Lipinski definition) is 0. The van der Waals surface area contributed by atoms with Crippen LogP contribution in [0.3, 0.4) is 0 Å². The lowest BCUT2D eigenvalue weighted by atomic mass is 10.0. The monoisotopic (exact) mass is 500 g/mol.